The number of rotatable bonds is 7. The van der Waals surface area contributed by atoms with Crippen molar-refractivity contribution in [1.29, 1.82) is 0 Å². The number of halogens is 1. The van der Waals surface area contributed by atoms with Crippen LogP contribution in [0.15, 0.2) is 28.7 Å². The van der Waals surface area contributed by atoms with Crippen molar-refractivity contribution >= 4 is 17.5 Å². The Bertz CT molecular complexity index is 601. The monoisotopic (exact) mass is 309 g/mol. The lowest BCUT2D eigenvalue weighted by molar-refractivity contribution is 0.0910. The van der Waals surface area contributed by atoms with Crippen molar-refractivity contribution in [2.24, 2.45) is 0 Å². The van der Waals surface area contributed by atoms with E-state index in [4.69, 9.17) is 20.8 Å². The van der Waals surface area contributed by atoms with Crippen LogP contribution in [0.3, 0.4) is 0 Å². The summed E-state index contributed by atoms with van der Waals surface area (Å²) in [4.78, 5) is 11.8. The van der Waals surface area contributed by atoms with Crippen LogP contribution in [0.4, 0.5) is 0 Å². The summed E-state index contributed by atoms with van der Waals surface area (Å²) in [6, 6.07) is 6.99. The molecule has 0 bridgehead atoms. The zero-order valence-corrected chi connectivity index (χ0v) is 12.4. The van der Waals surface area contributed by atoms with Crippen LogP contribution < -0.4 is 5.32 Å². The quantitative estimate of drug-likeness (QED) is 0.795. The minimum atomic E-state index is -0.396. The fraction of sp³-hybridized carbons (Fsp3) is 0.357. The first-order valence-corrected chi connectivity index (χ1v) is 7.04. The fourth-order valence-electron chi connectivity index (χ4n) is 1.65. The molecule has 0 fully saturated rings. The van der Waals surface area contributed by atoms with Crippen LogP contribution in [-0.2, 0) is 4.74 Å². The lowest BCUT2D eigenvalue weighted by Gasteiger charge is -2.02. The second-order valence-corrected chi connectivity index (χ2v) is 4.67. The van der Waals surface area contributed by atoms with E-state index in [9.17, 15) is 4.79 Å². The van der Waals surface area contributed by atoms with Crippen molar-refractivity contribution in [3.8, 4) is 11.5 Å². The number of ether oxygens (including phenoxy) is 1. The van der Waals surface area contributed by atoms with Crippen LogP contribution in [0.1, 0.15) is 24.0 Å². The highest BCUT2D eigenvalue weighted by Gasteiger charge is 2.15. The maximum absolute atomic E-state index is 11.8. The van der Waals surface area contributed by atoms with Crippen molar-refractivity contribution in [2.45, 2.75) is 13.3 Å². The average Bonchev–Trinajstić information content (AvgIpc) is 2.97. The molecule has 0 saturated carbocycles. The molecule has 0 saturated heterocycles. The number of benzene rings is 1. The second-order valence-electron chi connectivity index (χ2n) is 4.23. The molecule has 0 radical (unpaired) electrons. The van der Waals surface area contributed by atoms with Gasteiger partial charge in [-0.1, -0.05) is 17.7 Å². The summed E-state index contributed by atoms with van der Waals surface area (Å²) < 4.78 is 10.5. The zero-order chi connectivity index (χ0) is 15.1. The van der Waals surface area contributed by atoms with E-state index < -0.39 is 5.91 Å². The number of aromatic nitrogens is 2. The van der Waals surface area contributed by atoms with Gasteiger partial charge < -0.3 is 14.5 Å². The Morgan fingerprint density at radius 1 is 1.43 bits per heavy atom. The fourth-order valence-corrected chi connectivity index (χ4v) is 1.84. The van der Waals surface area contributed by atoms with E-state index in [1.54, 1.807) is 24.3 Å². The molecular formula is C14H16ClN3O3. The van der Waals surface area contributed by atoms with Crippen LogP contribution in [0.2, 0.25) is 5.02 Å². The molecule has 1 heterocycles. The van der Waals surface area contributed by atoms with Crippen LogP contribution in [-0.4, -0.2) is 35.9 Å². The van der Waals surface area contributed by atoms with Gasteiger partial charge in [0, 0.05) is 30.3 Å². The molecule has 6 nitrogen and oxygen atoms in total. The molecule has 0 spiro atoms. The zero-order valence-electron chi connectivity index (χ0n) is 11.6. The standard InChI is InChI=1S/C14H16ClN3O3/c1-2-20-8-4-7-16-12(19)14-18-17-13(21-14)10-5-3-6-11(15)9-10/h3,5-6,9H,2,4,7-8H2,1H3,(H,16,19). The van der Waals surface area contributed by atoms with Crippen molar-refractivity contribution in [1.82, 2.24) is 15.5 Å². The Morgan fingerprint density at radius 3 is 3.05 bits per heavy atom. The average molecular weight is 310 g/mol. The minimum absolute atomic E-state index is 0.0682. The third kappa shape index (κ3) is 4.54. The summed E-state index contributed by atoms with van der Waals surface area (Å²) in [5.41, 5.74) is 0.672. The molecule has 1 aromatic heterocycles. The van der Waals surface area contributed by atoms with E-state index in [0.717, 1.165) is 6.42 Å². The van der Waals surface area contributed by atoms with E-state index in [1.807, 2.05) is 6.92 Å². The molecule has 0 unspecified atom stereocenters. The summed E-state index contributed by atoms with van der Waals surface area (Å²) in [7, 11) is 0. The Kier molecular flexibility index (Phi) is 5.71. The maximum Gasteiger partial charge on any atom is 0.308 e. The van der Waals surface area contributed by atoms with E-state index in [0.29, 0.717) is 30.3 Å². The molecule has 7 heteroatoms. The Hall–Kier alpha value is -1.92. The minimum Gasteiger partial charge on any atom is -0.412 e. The molecule has 1 amide bonds. The number of nitrogens with zero attached hydrogens (tertiary/aromatic N) is 2. The summed E-state index contributed by atoms with van der Waals surface area (Å²) in [5.74, 6) is -0.203. The number of hydrogen-bond donors (Lipinski definition) is 1. The van der Waals surface area contributed by atoms with Gasteiger partial charge in [0.25, 0.3) is 0 Å². The largest absolute Gasteiger partial charge is 0.412 e. The Morgan fingerprint density at radius 2 is 2.29 bits per heavy atom. The van der Waals surface area contributed by atoms with Gasteiger partial charge in [-0.15, -0.1) is 10.2 Å². The van der Waals surface area contributed by atoms with Crippen LogP contribution in [0.25, 0.3) is 11.5 Å². The first-order valence-electron chi connectivity index (χ1n) is 6.66. The highest BCUT2D eigenvalue weighted by Crippen LogP contribution is 2.21. The molecule has 21 heavy (non-hydrogen) atoms. The van der Waals surface area contributed by atoms with E-state index in [2.05, 4.69) is 15.5 Å². The summed E-state index contributed by atoms with van der Waals surface area (Å²) >= 11 is 5.89. The van der Waals surface area contributed by atoms with Gasteiger partial charge in [-0.3, -0.25) is 4.79 Å². The Balaban J connectivity index is 1.92. The smallest absolute Gasteiger partial charge is 0.308 e. The summed E-state index contributed by atoms with van der Waals surface area (Å²) in [6.07, 6.45) is 0.731. The highest BCUT2D eigenvalue weighted by molar-refractivity contribution is 6.30. The number of nitrogens with one attached hydrogen (secondary N) is 1. The third-order valence-electron chi connectivity index (χ3n) is 2.65. The number of amides is 1. The normalized spacial score (nSPS) is 10.6. The van der Waals surface area contributed by atoms with Crippen molar-refractivity contribution in [3.05, 3.63) is 35.2 Å². The van der Waals surface area contributed by atoms with Crippen LogP contribution in [0, 0.1) is 0 Å². The lowest BCUT2D eigenvalue weighted by atomic mass is 10.2. The first kappa shape index (κ1) is 15.5. The van der Waals surface area contributed by atoms with Gasteiger partial charge in [-0.2, -0.15) is 0 Å². The van der Waals surface area contributed by atoms with Gasteiger partial charge in [0.2, 0.25) is 5.89 Å². The first-order chi connectivity index (χ1) is 10.2. The van der Waals surface area contributed by atoms with Crippen LogP contribution in [0.5, 0.6) is 0 Å². The lowest BCUT2D eigenvalue weighted by Crippen LogP contribution is -2.25. The van der Waals surface area contributed by atoms with Gasteiger partial charge in [0.15, 0.2) is 0 Å². The van der Waals surface area contributed by atoms with Gasteiger partial charge in [0.1, 0.15) is 0 Å². The maximum atomic E-state index is 11.8. The number of hydrogen-bond acceptors (Lipinski definition) is 5. The van der Waals surface area contributed by atoms with Crippen molar-refractivity contribution in [2.75, 3.05) is 19.8 Å². The van der Waals surface area contributed by atoms with Gasteiger partial charge in [0.05, 0.1) is 0 Å². The van der Waals surface area contributed by atoms with Crippen molar-refractivity contribution in [3.63, 3.8) is 0 Å². The third-order valence-corrected chi connectivity index (χ3v) is 2.88. The topological polar surface area (TPSA) is 77.2 Å². The van der Waals surface area contributed by atoms with Gasteiger partial charge in [-0.05, 0) is 31.5 Å². The summed E-state index contributed by atoms with van der Waals surface area (Å²) in [5, 5.41) is 10.8. The van der Waals surface area contributed by atoms with Gasteiger partial charge >= 0.3 is 11.8 Å². The number of carbonyl (C=O) groups excluding carboxylic acids is 1. The van der Waals surface area contributed by atoms with E-state index in [-0.39, 0.29) is 11.8 Å². The molecule has 0 aliphatic rings. The predicted molar refractivity (Wildman–Crippen MR) is 78.2 cm³/mol. The molecule has 112 valence electrons. The summed E-state index contributed by atoms with van der Waals surface area (Å²) in [6.45, 7) is 3.69. The highest BCUT2D eigenvalue weighted by atomic mass is 35.5. The second kappa shape index (κ2) is 7.75. The molecule has 1 N–H and O–H groups in total. The molecule has 2 rings (SSSR count). The van der Waals surface area contributed by atoms with Crippen LogP contribution >= 0.6 is 11.6 Å². The molecule has 1 aromatic carbocycles. The van der Waals surface area contributed by atoms with E-state index in [1.165, 1.54) is 0 Å². The molecule has 0 atom stereocenters. The SMILES string of the molecule is CCOCCCNC(=O)c1nnc(-c2cccc(Cl)c2)o1. The van der Waals surface area contributed by atoms with Gasteiger partial charge in [-0.25, -0.2) is 0 Å². The van der Waals surface area contributed by atoms with Crippen molar-refractivity contribution < 1.29 is 13.9 Å². The molecule has 0 aliphatic heterocycles. The molecule has 2 aromatic rings. The van der Waals surface area contributed by atoms with E-state index >= 15 is 0 Å². The predicted octanol–water partition coefficient (Wildman–Crippen LogP) is 2.55. The Labute approximate surface area is 127 Å². The molecule has 0 aliphatic carbocycles. The molecular weight excluding hydrogens is 294 g/mol. The number of carbonyl (C=O) groups is 1.